The first-order chi connectivity index (χ1) is 11.1. The van der Waals surface area contributed by atoms with Gasteiger partial charge in [0.2, 0.25) is 11.8 Å². The van der Waals surface area contributed by atoms with Crippen LogP contribution in [0.1, 0.15) is 24.3 Å². The number of rotatable bonds is 4. The lowest BCUT2D eigenvalue weighted by Crippen LogP contribution is -2.48. The van der Waals surface area contributed by atoms with Gasteiger partial charge in [-0.25, -0.2) is 0 Å². The number of amides is 2. The lowest BCUT2D eigenvalue weighted by Gasteiger charge is -2.25. The second-order valence-electron chi connectivity index (χ2n) is 5.50. The third-order valence-corrected chi connectivity index (χ3v) is 4.00. The molecule has 0 saturated carbocycles. The average molecular weight is 314 g/mol. The van der Waals surface area contributed by atoms with Gasteiger partial charge in [-0.3, -0.25) is 14.5 Å². The predicted molar refractivity (Wildman–Crippen MR) is 83.8 cm³/mol. The summed E-state index contributed by atoms with van der Waals surface area (Å²) in [4.78, 5) is 26.1. The molecule has 2 aromatic rings. The Morgan fingerprint density at radius 1 is 1.35 bits per heavy atom. The topological polar surface area (TPSA) is 82.8 Å². The molecule has 6 nitrogen and oxygen atoms in total. The highest BCUT2D eigenvalue weighted by atomic mass is 16.3. The standard InChI is InChI=1S/C17H18N2O4/c1-11(21)19-14-6-3-2-5-12(14)9-15(19)17(22)18-13(10-20)16-7-4-8-23-16/h2-8,13,15,20H,9-10H2,1H3,(H,18,22)/t13?,15-/m0/s1. The van der Waals surface area contributed by atoms with Gasteiger partial charge in [0.25, 0.3) is 0 Å². The maximum Gasteiger partial charge on any atom is 0.244 e. The van der Waals surface area contributed by atoms with Gasteiger partial charge in [0.15, 0.2) is 0 Å². The van der Waals surface area contributed by atoms with Crippen molar-refractivity contribution in [3.63, 3.8) is 0 Å². The second-order valence-corrected chi connectivity index (χ2v) is 5.50. The average Bonchev–Trinajstić information content (AvgIpc) is 3.19. The molecule has 6 heteroatoms. The van der Waals surface area contributed by atoms with Gasteiger partial charge in [0.1, 0.15) is 17.8 Å². The van der Waals surface area contributed by atoms with Crippen molar-refractivity contribution in [2.45, 2.75) is 25.4 Å². The Morgan fingerprint density at radius 2 is 2.13 bits per heavy atom. The summed E-state index contributed by atoms with van der Waals surface area (Å²) in [5.74, 6) is -0.0220. The first-order valence-corrected chi connectivity index (χ1v) is 7.44. The summed E-state index contributed by atoms with van der Waals surface area (Å²) in [6, 6.07) is 9.61. The van der Waals surface area contributed by atoms with E-state index in [-0.39, 0.29) is 18.4 Å². The summed E-state index contributed by atoms with van der Waals surface area (Å²) in [7, 11) is 0. The first-order valence-electron chi connectivity index (χ1n) is 7.44. The lowest BCUT2D eigenvalue weighted by molar-refractivity contribution is -0.126. The van der Waals surface area contributed by atoms with Crippen LogP contribution in [0.3, 0.4) is 0 Å². The molecule has 0 spiro atoms. The zero-order valence-corrected chi connectivity index (χ0v) is 12.7. The van der Waals surface area contributed by atoms with Crippen LogP contribution >= 0.6 is 0 Å². The number of carbonyl (C=O) groups is 2. The molecule has 0 aliphatic carbocycles. The van der Waals surface area contributed by atoms with Gasteiger partial charge in [-0.1, -0.05) is 18.2 Å². The van der Waals surface area contributed by atoms with Crippen LogP contribution in [0.5, 0.6) is 0 Å². The van der Waals surface area contributed by atoms with Crippen LogP contribution in [0.25, 0.3) is 0 Å². The van der Waals surface area contributed by atoms with Crippen molar-refractivity contribution in [2.75, 3.05) is 11.5 Å². The van der Waals surface area contributed by atoms with E-state index in [9.17, 15) is 14.7 Å². The van der Waals surface area contributed by atoms with Gasteiger partial charge in [-0.05, 0) is 23.8 Å². The van der Waals surface area contributed by atoms with E-state index in [0.717, 1.165) is 11.3 Å². The number of para-hydroxylation sites is 1. The van der Waals surface area contributed by atoms with Gasteiger partial charge in [-0.15, -0.1) is 0 Å². The minimum atomic E-state index is -0.630. The number of hydrogen-bond donors (Lipinski definition) is 2. The van der Waals surface area contributed by atoms with E-state index in [1.165, 1.54) is 18.1 Å². The molecule has 2 atom stereocenters. The number of furan rings is 1. The van der Waals surface area contributed by atoms with Gasteiger partial charge in [0.05, 0.1) is 12.9 Å². The SMILES string of the molecule is CC(=O)N1c2ccccc2C[C@H]1C(=O)NC(CO)c1ccco1. The normalized spacial score (nSPS) is 17.7. The Morgan fingerprint density at radius 3 is 2.78 bits per heavy atom. The predicted octanol–water partition coefficient (Wildman–Crippen LogP) is 1.41. The molecule has 1 aliphatic rings. The van der Waals surface area contributed by atoms with Crippen LogP contribution in [0.15, 0.2) is 47.1 Å². The second kappa shape index (κ2) is 6.26. The molecule has 0 radical (unpaired) electrons. The lowest BCUT2D eigenvalue weighted by atomic mass is 10.1. The smallest absolute Gasteiger partial charge is 0.244 e. The van der Waals surface area contributed by atoms with Gasteiger partial charge in [-0.2, -0.15) is 0 Å². The maximum atomic E-state index is 12.6. The molecule has 1 aromatic heterocycles. The van der Waals surface area contributed by atoms with Crippen molar-refractivity contribution in [1.82, 2.24) is 5.32 Å². The number of nitrogens with one attached hydrogen (secondary N) is 1. The van der Waals surface area contributed by atoms with Crippen LogP contribution < -0.4 is 10.2 Å². The number of carbonyl (C=O) groups excluding carboxylic acids is 2. The molecule has 1 aromatic carbocycles. The summed E-state index contributed by atoms with van der Waals surface area (Å²) in [5.41, 5.74) is 1.72. The fourth-order valence-electron chi connectivity index (χ4n) is 2.95. The molecule has 3 rings (SSSR count). The molecular weight excluding hydrogens is 296 g/mol. The Bertz CT molecular complexity index is 711. The summed E-state index contributed by atoms with van der Waals surface area (Å²) in [6.07, 6.45) is 1.94. The van der Waals surface area contributed by atoms with E-state index in [2.05, 4.69) is 5.32 Å². The van der Waals surface area contributed by atoms with E-state index in [4.69, 9.17) is 4.42 Å². The Kier molecular flexibility index (Phi) is 4.16. The van der Waals surface area contributed by atoms with Crippen molar-refractivity contribution in [1.29, 1.82) is 0 Å². The van der Waals surface area contributed by atoms with E-state index in [1.807, 2.05) is 24.3 Å². The third kappa shape index (κ3) is 2.85. The summed E-state index contributed by atoms with van der Waals surface area (Å²) in [5, 5.41) is 12.2. The highest BCUT2D eigenvalue weighted by Crippen LogP contribution is 2.32. The molecular formula is C17H18N2O4. The summed E-state index contributed by atoms with van der Waals surface area (Å²) < 4.78 is 5.23. The number of benzene rings is 1. The van der Waals surface area contributed by atoms with E-state index < -0.39 is 12.1 Å². The quantitative estimate of drug-likeness (QED) is 0.894. The highest BCUT2D eigenvalue weighted by Gasteiger charge is 2.37. The third-order valence-electron chi connectivity index (χ3n) is 4.00. The number of anilines is 1. The molecule has 2 N–H and O–H groups in total. The zero-order chi connectivity index (χ0) is 16.4. The first kappa shape index (κ1) is 15.3. The van der Waals surface area contributed by atoms with Crippen LogP contribution in [0.2, 0.25) is 0 Å². The van der Waals surface area contributed by atoms with E-state index in [1.54, 1.807) is 12.1 Å². The molecule has 23 heavy (non-hydrogen) atoms. The minimum Gasteiger partial charge on any atom is -0.467 e. The monoisotopic (exact) mass is 314 g/mol. The van der Waals surface area contributed by atoms with Gasteiger partial charge >= 0.3 is 0 Å². The van der Waals surface area contributed by atoms with Crippen molar-refractivity contribution in [2.24, 2.45) is 0 Å². The molecule has 0 bridgehead atoms. The van der Waals surface area contributed by atoms with Gasteiger partial charge in [0, 0.05) is 19.0 Å². The van der Waals surface area contributed by atoms with Crippen LogP contribution in [-0.4, -0.2) is 29.6 Å². The Hall–Kier alpha value is -2.60. The van der Waals surface area contributed by atoms with E-state index >= 15 is 0 Å². The molecule has 0 saturated heterocycles. The highest BCUT2D eigenvalue weighted by molar-refractivity contribution is 6.02. The van der Waals surface area contributed by atoms with Crippen molar-refractivity contribution in [3.05, 3.63) is 54.0 Å². The van der Waals surface area contributed by atoms with Crippen LogP contribution in [-0.2, 0) is 16.0 Å². The molecule has 2 amide bonds. The summed E-state index contributed by atoms with van der Waals surface area (Å²) in [6.45, 7) is 1.16. The molecule has 1 unspecified atom stereocenters. The fraction of sp³-hybridized carbons (Fsp3) is 0.294. The maximum absolute atomic E-state index is 12.6. The number of fused-ring (bicyclic) bond motifs is 1. The zero-order valence-electron chi connectivity index (χ0n) is 12.7. The Labute approximate surface area is 133 Å². The number of aliphatic hydroxyl groups is 1. The van der Waals surface area contributed by atoms with Gasteiger partial charge < -0.3 is 14.8 Å². The fourth-order valence-corrected chi connectivity index (χ4v) is 2.95. The van der Waals surface area contributed by atoms with Crippen molar-refractivity contribution < 1.29 is 19.1 Å². The van der Waals surface area contributed by atoms with Crippen LogP contribution in [0.4, 0.5) is 5.69 Å². The molecule has 0 fully saturated rings. The van der Waals surface area contributed by atoms with Crippen molar-refractivity contribution >= 4 is 17.5 Å². The molecule has 120 valence electrons. The largest absolute Gasteiger partial charge is 0.467 e. The van der Waals surface area contributed by atoms with Crippen molar-refractivity contribution in [3.8, 4) is 0 Å². The minimum absolute atomic E-state index is 0.186. The number of aliphatic hydroxyl groups excluding tert-OH is 1. The van der Waals surface area contributed by atoms with Crippen LogP contribution in [0, 0.1) is 0 Å². The number of nitrogens with zero attached hydrogens (tertiary/aromatic N) is 1. The number of hydrogen-bond acceptors (Lipinski definition) is 4. The summed E-state index contributed by atoms with van der Waals surface area (Å²) >= 11 is 0. The Balaban J connectivity index is 1.81. The molecule has 2 heterocycles. The van der Waals surface area contributed by atoms with E-state index in [0.29, 0.717) is 12.2 Å². The molecule has 1 aliphatic heterocycles.